The average molecular weight is 512 g/mol. The van der Waals surface area contributed by atoms with Crippen LogP contribution in [0.3, 0.4) is 0 Å². The number of sulfonamides is 1. The van der Waals surface area contributed by atoms with Gasteiger partial charge in [-0.05, 0) is 42.8 Å². The van der Waals surface area contributed by atoms with Gasteiger partial charge in [0.25, 0.3) is 10.0 Å². The fraction of sp³-hybridized carbons (Fsp3) is 0.130. The number of anilines is 1. The Labute approximate surface area is 197 Å². The van der Waals surface area contributed by atoms with Gasteiger partial charge >= 0.3 is 6.18 Å². The van der Waals surface area contributed by atoms with E-state index < -0.39 is 34.1 Å². The van der Waals surface area contributed by atoms with Crippen molar-refractivity contribution < 1.29 is 26.0 Å². The van der Waals surface area contributed by atoms with Crippen LogP contribution in [0.15, 0.2) is 76.5 Å². The van der Waals surface area contributed by atoms with Crippen LogP contribution >= 0.6 is 24.0 Å². The molecule has 0 saturated heterocycles. The Hall–Kier alpha value is -2.56. The van der Waals surface area contributed by atoms with Crippen molar-refractivity contribution >= 4 is 49.1 Å². The first-order valence-electron chi connectivity index (χ1n) is 9.64. The number of hydrogen-bond donors (Lipinski definition) is 1. The van der Waals surface area contributed by atoms with Gasteiger partial charge in [0.15, 0.2) is 0 Å². The van der Waals surface area contributed by atoms with Crippen molar-refractivity contribution in [2.45, 2.75) is 29.4 Å². The molecule has 0 atom stereocenters. The summed E-state index contributed by atoms with van der Waals surface area (Å²) in [6.07, 6.45) is -4.91. The smallest absolute Gasteiger partial charge is 0.251 e. The zero-order valence-corrected chi connectivity index (χ0v) is 19.6. The number of rotatable bonds is 5. The number of benzene rings is 3. The molecule has 0 aliphatic rings. The minimum Gasteiger partial charge on any atom is -0.251 e. The van der Waals surface area contributed by atoms with Crippen LogP contribution in [0.25, 0.3) is 10.1 Å². The second kappa shape index (κ2) is 8.66. The molecule has 0 aliphatic carbocycles. The fourth-order valence-electron chi connectivity index (χ4n) is 3.35. The average Bonchev–Trinajstić information content (AvgIpc) is 3.09. The van der Waals surface area contributed by atoms with Crippen molar-refractivity contribution in [1.29, 1.82) is 0 Å². The van der Waals surface area contributed by atoms with Gasteiger partial charge in [0.2, 0.25) is 0 Å². The van der Waals surface area contributed by atoms with E-state index in [2.05, 4.69) is 12.6 Å². The lowest BCUT2D eigenvalue weighted by Gasteiger charge is -2.24. The van der Waals surface area contributed by atoms with Crippen LogP contribution in [0.5, 0.6) is 0 Å². The lowest BCUT2D eigenvalue weighted by atomic mass is 10.1. The molecule has 0 bridgehead atoms. The van der Waals surface area contributed by atoms with E-state index in [9.17, 15) is 26.0 Å². The van der Waals surface area contributed by atoms with E-state index in [1.54, 1.807) is 36.4 Å². The van der Waals surface area contributed by atoms with E-state index in [0.717, 1.165) is 37.4 Å². The van der Waals surface area contributed by atoms with Gasteiger partial charge < -0.3 is 0 Å². The highest BCUT2D eigenvalue weighted by molar-refractivity contribution is 7.93. The van der Waals surface area contributed by atoms with Gasteiger partial charge in [-0.2, -0.15) is 13.2 Å². The van der Waals surface area contributed by atoms with Gasteiger partial charge in [0.05, 0.1) is 17.0 Å². The van der Waals surface area contributed by atoms with E-state index in [0.29, 0.717) is 17.0 Å². The van der Waals surface area contributed by atoms with E-state index in [-0.39, 0.29) is 15.5 Å². The Morgan fingerprint density at radius 3 is 2.30 bits per heavy atom. The predicted molar refractivity (Wildman–Crippen MR) is 125 cm³/mol. The van der Waals surface area contributed by atoms with Crippen LogP contribution in [0, 0.1) is 12.7 Å². The summed E-state index contributed by atoms with van der Waals surface area (Å²) in [4.78, 5) is 0.376. The zero-order chi connectivity index (χ0) is 24.0. The molecule has 0 spiro atoms. The molecule has 1 aromatic heterocycles. The second-order valence-corrected chi connectivity index (χ2v) is 10.7. The molecule has 0 fully saturated rings. The van der Waals surface area contributed by atoms with Crippen molar-refractivity contribution in [3.8, 4) is 0 Å². The molecule has 4 aromatic rings. The van der Waals surface area contributed by atoms with Crippen LogP contribution in [0.1, 0.15) is 16.7 Å². The summed E-state index contributed by atoms with van der Waals surface area (Å²) < 4.78 is 82.6. The molecule has 0 amide bonds. The lowest BCUT2D eigenvalue weighted by molar-refractivity contribution is -0.140. The minimum absolute atomic E-state index is 0.00963. The first-order valence-corrected chi connectivity index (χ1v) is 12.3. The molecule has 1 heterocycles. The molecule has 3 aromatic carbocycles. The maximum absolute atomic E-state index is 13.8. The Balaban J connectivity index is 1.88. The molecular formula is C23H17F4NO2S3. The highest BCUT2D eigenvalue weighted by Crippen LogP contribution is 2.43. The highest BCUT2D eigenvalue weighted by atomic mass is 32.2. The summed E-state index contributed by atoms with van der Waals surface area (Å²) in [5, 5.41) is 0.984. The Morgan fingerprint density at radius 1 is 1.00 bits per heavy atom. The third-order valence-corrected chi connectivity index (χ3v) is 8.72. The molecule has 0 radical (unpaired) electrons. The van der Waals surface area contributed by atoms with Crippen molar-refractivity contribution in [2.75, 3.05) is 4.31 Å². The van der Waals surface area contributed by atoms with Gasteiger partial charge in [-0.1, -0.05) is 42.0 Å². The van der Waals surface area contributed by atoms with E-state index >= 15 is 0 Å². The van der Waals surface area contributed by atoms with Crippen molar-refractivity contribution in [2.24, 2.45) is 0 Å². The standard InChI is InChI=1S/C23H17F4NO2S3/c1-14-6-9-16(10-7-14)33(29,30)28(22-21(31)17-4-2-3-5-20(17)32-22)13-15-8-11-19(24)18(12-15)23(25,26)27/h2-12,31H,13H2,1H3. The lowest BCUT2D eigenvalue weighted by Crippen LogP contribution is -2.30. The van der Waals surface area contributed by atoms with Crippen LogP contribution < -0.4 is 4.31 Å². The number of fused-ring (bicyclic) bond motifs is 1. The second-order valence-electron chi connectivity index (χ2n) is 7.39. The highest BCUT2D eigenvalue weighted by Gasteiger charge is 2.35. The summed E-state index contributed by atoms with van der Waals surface area (Å²) in [5.74, 6) is -1.42. The van der Waals surface area contributed by atoms with Gasteiger partial charge in [-0.15, -0.1) is 24.0 Å². The maximum atomic E-state index is 13.8. The molecule has 0 unspecified atom stereocenters. The molecule has 0 aliphatic heterocycles. The number of nitrogens with zero attached hydrogens (tertiary/aromatic N) is 1. The molecular weight excluding hydrogens is 494 g/mol. The van der Waals surface area contributed by atoms with Crippen molar-refractivity contribution in [3.63, 3.8) is 0 Å². The third-order valence-electron chi connectivity index (χ3n) is 5.05. The largest absolute Gasteiger partial charge is 0.419 e. The predicted octanol–water partition coefficient (Wildman–Crippen LogP) is 7.05. The molecule has 4 rings (SSSR count). The van der Waals surface area contributed by atoms with Gasteiger partial charge in [-0.3, -0.25) is 4.31 Å². The van der Waals surface area contributed by atoms with Gasteiger partial charge in [-0.25, -0.2) is 12.8 Å². The summed E-state index contributed by atoms with van der Waals surface area (Å²) in [5.41, 5.74) is -0.606. The normalized spacial score (nSPS) is 12.3. The first-order chi connectivity index (χ1) is 15.5. The van der Waals surface area contributed by atoms with Crippen molar-refractivity contribution in [3.05, 3.63) is 89.2 Å². The molecule has 0 saturated carbocycles. The SMILES string of the molecule is Cc1ccc(S(=O)(=O)N(Cc2ccc(F)c(C(F)(F)F)c2)c2sc3ccccc3c2S)cc1. The van der Waals surface area contributed by atoms with Crippen LogP contribution in [-0.4, -0.2) is 8.42 Å². The Morgan fingerprint density at radius 2 is 1.67 bits per heavy atom. The van der Waals surface area contributed by atoms with Crippen LogP contribution in [0.2, 0.25) is 0 Å². The molecule has 172 valence electrons. The molecule has 3 nitrogen and oxygen atoms in total. The number of thiol groups is 1. The molecule has 33 heavy (non-hydrogen) atoms. The number of hydrogen-bond acceptors (Lipinski definition) is 4. The number of thiophene rings is 1. The van der Waals surface area contributed by atoms with E-state index in [1.807, 2.05) is 6.92 Å². The fourth-order valence-corrected chi connectivity index (χ4v) is 6.72. The number of halogens is 4. The Kier molecular flexibility index (Phi) is 6.19. The van der Waals surface area contributed by atoms with Crippen molar-refractivity contribution in [1.82, 2.24) is 0 Å². The van der Waals surface area contributed by atoms with Crippen LogP contribution in [-0.2, 0) is 22.7 Å². The minimum atomic E-state index is -4.91. The summed E-state index contributed by atoms with van der Waals surface area (Å²) in [6.45, 7) is 1.38. The van der Waals surface area contributed by atoms with E-state index in [1.165, 1.54) is 12.1 Å². The zero-order valence-electron chi connectivity index (χ0n) is 17.1. The summed E-state index contributed by atoms with van der Waals surface area (Å²) in [6, 6.07) is 15.8. The van der Waals surface area contributed by atoms with E-state index in [4.69, 9.17) is 0 Å². The maximum Gasteiger partial charge on any atom is 0.419 e. The Bertz CT molecular complexity index is 1430. The third kappa shape index (κ3) is 4.60. The monoisotopic (exact) mass is 511 g/mol. The van der Waals surface area contributed by atoms with Crippen LogP contribution in [0.4, 0.5) is 22.6 Å². The topological polar surface area (TPSA) is 37.4 Å². The van der Waals surface area contributed by atoms with Gasteiger partial charge in [0, 0.05) is 15.0 Å². The number of aryl methyl sites for hydroxylation is 1. The molecule has 10 heteroatoms. The summed E-state index contributed by atoms with van der Waals surface area (Å²) in [7, 11) is -4.18. The van der Waals surface area contributed by atoms with Gasteiger partial charge in [0.1, 0.15) is 10.8 Å². The number of alkyl halides is 3. The quantitative estimate of drug-likeness (QED) is 0.230. The summed E-state index contributed by atoms with van der Waals surface area (Å²) >= 11 is 5.69. The first kappa shape index (κ1) is 23.6. The molecule has 0 N–H and O–H groups in total.